The molecule has 0 amide bonds. The van der Waals surface area contributed by atoms with E-state index in [9.17, 15) is 0 Å². The number of nitrogens with one attached hydrogen (secondary N) is 1. The maximum atomic E-state index is 6.06. The van der Waals surface area contributed by atoms with Crippen molar-refractivity contribution in [1.29, 1.82) is 0 Å². The molecule has 106 valence electrons. The molecule has 2 unspecified atom stereocenters. The molecule has 2 atom stereocenters. The average molecular weight is 253 g/mol. The summed E-state index contributed by atoms with van der Waals surface area (Å²) in [6, 6.07) is 0.602. The summed E-state index contributed by atoms with van der Waals surface area (Å²) in [5.74, 6) is 1.79. The summed E-state index contributed by atoms with van der Waals surface area (Å²) in [7, 11) is 0. The Hall–Kier alpha value is -0.0800. The summed E-state index contributed by atoms with van der Waals surface area (Å²) in [5.41, 5.74) is 0. The summed E-state index contributed by atoms with van der Waals surface area (Å²) in [4.78, 5) is 0. The number of likely N-dealkylation sites (N-methyl/N-ethyl adjacent to an activating group) is 1. The van der Waals surface area contributed by atoms with Crippen LogP contribution < -0.4 is 5.32 Å². The third-order valence-electron chi connectivity index (χ3n) is 4.62. The zero-order valence-electron chi connectivity index (χ0n) is 12.3. The van der Waals surface area contributed by atoms with E-state index in [1.807, 2.05) is 0 Å². The average Bonchev–Trinajstić information content (AvgIpc) is 3.21. The van der Waals surface area contributed by atoms with Crippen molar-refractivity contribution in [2.45, 2.75) is 77.4 Å². The summed E-state index contributed by atoms with van der Waals surface area (Å²) in [6.07, 6.45) is 11.9. The maximum absolute atomic E-state index is 6.06. The highest BCUT2D eigenvalue weighted by molar-refractivity contribution is 4.91. The minimum absolute atomic E-state index is 0.483. The van der Waals surface area contributed by atoms with Crippen LogP contribution in [0.5, 0.6) is 0 Å². The first-order valence-corrected chi connectivity index (χ1v) is 8.20. The van der Waals surface area contributed by atoms with Crippen LogP contribution >= 0.6 is 0 Å². The van der Waals surface area contributed by atoms with Gasteiger partial charge in [0.25, 0.3) is 0 Å². The Labute approximate surface area is 113 Å². The van der Waals surface area contributed by atoms with E-state index in [0.717, 1.165) is 25.0 Å². The van der Waals surface area contributed by atoms with Gasteiger partial charge in [0.05, 0.1) is 6.10 Å². The molecule has 0 radical (unpaired) electrons. The van der Waals surface area contributed by atoms with Crippen LogP contribution in [0, 0.1) is 11.8 Å². The SMILES string of the molecule is CCNC(CC1CCCCC1)C(OCC)C1CC1. The van der Waals surface area contributed by atoms with Crippen LogP contribution in [0.25, 0.3) is 0 Å². The molecule has 0 heterocycles. The van der Waals surface area contributed by atoms with Gasteiger partial charge in [-0.15, -0.1) is 0 Å². The number of hydrogen-bond donors (Lipinski definition) is 1. The molecular weight excluding hydrogens is 222 g/mol. The van der Waals surface area contributed by atoms with Crippen LogP contribution in [-0.2, 0) is 4.74 Å². The van der Waals surface area contributed by atoms with Crippen molar-refractivity contribution in [2.24, 2.45) is 11.8 Å². The highest BCUT2D eigenvalue weighted by Crippen LogP contribution is 2.38. The molecule has 0 aliphatic heterocycles. The van der Waals surface area contributed by atoms with Crippen LogP contribution in [-0.4, -0.2) is 25.3 Å². The number of ether oxygens (including phenoxy) is 1. The van der Waals surface area contributed by atoms with Crippen molar-refractivity contribution >= 4 is 0 Å². The molecule has 1 N–H and O–H groups in total. The van der Waals surface area contributed by atoms with Crippen molar-refractivity contribution in [2.75, 3.05) is 13.2 Å². The highest BCUT2D eigenvalue weighted by atomic mass is 16.5. The van der Waals surface area contributed by atoms with Gasteiger partial charge in [0.2, 0.25) is 0 Å². The van der Waals surface area contributed by atoms with E-state index in [1.54, 1.807) is 0 Å². The smallest absolute Gasteiger partial charge is 0.0756 e. The van der Waals surface area contributed by atoms with Crippen LogP contribution in [0.4, 0.5) is 0 Å². The minimum atomic E-state index is 0.483. The van der Waals surface area contributed by atoms with Crippen molar-refractivity contribution in [3.05, 3.63) is 0 Å². The topological polar surface area (TPSA) is 21.3 Å². The highest BCUT2D eigenvalue weighted by Gasteiger charge is 2.37. The second kappa shape index (κ2) is 7.49. The third kappa shape index (κ3) is 4.24. The lowest BCUT2D eigenvalue weighted by Gasteiger charge is -2.32. The van der Waals surface area contributed by atoms with Crippen molar-refractivity contribution in [3.63, 3.8) is 0 Å². The van der Waals surface area contributed by atoms with Crippen LogP contribution in [0.15, 0.2) is 0 Å². The Morgan fingerprint density at radius 1 is 1.06 bits per heavy atom. The lowest BCUT2D eigenvalue weighted by molar-refractivity contribution is 0.0117. The molecule has 0 aromatic heterocycles. The molecule has 0 spiro atoms. The predicted molar refractivity (Wildman–Crippen MR) is 76.8 cm³/mol. The molecule has 18 heavy (non-hydrogen) atoms. The molecular formula is C16H31NO. The van der Waals surface area contributed by atoms with E-state index in [0.29, 0.717) is 12.1 Å². The Morgan fingerprint density at radius 2 is 1.78 bits per heavy atom. The summed E-state index contributed by atoms with van der Waals surface area (Å²) < 4.78 is 6.06. The van der Waals surface area contributed by atoms with Gasteiger partial charge < -0.3 is 10.1 Å². The van der Waals surface area contributed by atoms with Gasteiger partial charge in [-0.1, -0.05) is 39.0 Å². The first kappa shape index (κ1) is 14.3. The first-order valence-electron chi connectivity index (χ1n) is 8.20. The normalized spacial score (nSPS) is 25.0. The van der Waals surface area contributed by atoms with Crippen molar-refractivity contribution in [3.8, 4) is 0 Å². The van der Waals surface area contributed by atoms with Gasteiger partial charge in [0, 0.05) is 12.6 Å². The van der Waals surface area contributed by atoms with Crippen molar-refractivity contribution < 1.29 is 4.74 Å². The molecule has 0 aromatic rings. The second-order valence-corrected chi connectivity index (χ2v) is 6.16. The largest absolute Gasteiger partial charge is 0.377 e. The lowest BCUT2D eigenvalue weighted by atomic mass is 9.83. The van der Waals surface area contributed by atoms with Gasteiger partial charge in [-0.25, -0.2) is 0 Å². The van der Waals surface area contributed by atoms with Gasteiger partial charge in [0.15, 0.2) is 0 Å². The summed E-state index contributed by atoms with van der Waals surface area (Å²) >= 11 is 0. The first-order chi connectivity index (χ1) is 8.85. The van der Waals surface area contributed by atoms with Crippen LogP contribution in [0.1, 0.15) is 65.2 Å². The predicted octanol–water partition coefficient (Wildman–Crippen LogP) is 3.75. The Bertz CT molecular complexity index is 221. The molecule has 2 aliphatic carbocycles. The Kier molecular flexibility index (Phi) is 5.97. The summed E-state index contributed by atoms with van der Waals surface area (Å²) in [6.45, 7) is 6.31. The second-order valence-electron chi connectivity index (χ2n) is 6.16. The summed E-state index contributed by atoms with van der Waals surface area (Å²) in [5, 5.41) is 3.71. The van der Waals surface area contributed by atoms with E-state index in [-0.39, 0.29) is 0 Å². The molecule has 2 saturated carbocycles. The van der Waals surface area contributed by atoms with Gasteiger partial charge >= 0.3 is 0 Å². The van der Waals surface area contributed by atoms with Gasteiger partial charge in [-0.3, -0.25) is 0 Å². The molecule has 0 saturated heterocycles. The molecule has 2 heteroatoms. The Morgan fingerprint density at radius 3 is 2.33 bits per heavy atom. The van der Waals surface area contributed by atoms with E-state index in [1.165, 1.54) is 51.4 Å². The van der Waals surface area contributed by atoms with E-state index in [4.69, 9.17) is 4.74 Å². The van der Waals surface area contributed by atoms with E-state index >= 15 is 0 Å². The van der Waals surface area contributed by atoms with Gasteiger partial charge in [0.1, 0.15) is 0 Å². The molecule has 2 rings (SSSR count). The molecule has 2 fully saturated rings. The number of hydrogen-bond acceptors (Lipinski definition) is 2. The molecule has 2 aliphatic rings. The molecule has 0 aromatic carbocycles. The van der Waals surface area contributed by atoms with Gasteiger partial charge in [-0.2, -0.15) is 0 Å². The maximum Gasteiger partial charge on any atom is 0.0756 e. The fourth-order valence-electron chi connectivity index (χ4n) is 3.58. The van der Waals surface area contributed by atoms with Crippen LogP contribution in [0.2, 0.25) is 0 Å². The fourth-order valence-corrected chi connectivity index (χ4v) is 3.58. The van der Waals surface area contributed by atoms with E-state index < -0.39 is 0 Å². The van der Waals surface area contributed by atoms with Gasteiger partial charge in [-0.05, 0) is 44.6 Å². The lowest BCUT2D eigenvalue weighted by Crippen LogP contribution is -2.44. The number of rotatable bonds is 8. The third-order valence-corrected chi connectivity index (χ3v) is 4.62. The van der Waals surface area contributed by atoms with Crippen LogP contribution in [0.3, 0.4) is 0 Å². The van der Waals surface area contributed by atoms with Crippen molar-refractivity contribution in [1.82, 2.24) is 5.32 Å². The quantitative estimate of drug-likeness (QED) is 0.711. The standard InChI is InChI=1S/C16H31NO/c1-3-17-15(12-13-8-6-5-7-9-13)16(18-4-2)14-10-11-14/h13-17H,3-12H2,1-2H3. The molecule has 2 nitrogen and oxygen atoms in total. The van der Waals surface area contributed by atoms with E-state index in [2.05, 4.69) is 19.2 Å². The minimum Gasteiger partial charge on any atom is -0.377 e. The Balaban J connectivity index is 1.87. The molecule has 0 bridgehead atoms. The fraction of sp³-hybridized carbons (Fsp3) is 1.00. The monoisotopic (exact) mass is 253 g/mol. The zero-order chi connectivity index (χ0) is 12.8. The zero-order valence-corrected chi connectivity index (χ0v) is 12.3.